The first kappa shape index (κ1) is 29.0. The molecule has 26 heavy (non-hydrogen) atoms. The minimum absolute atomic E-state index is 0. The molecular weight excluding hydrogens is 413 g/mol. The Hall–Kier alpha value is 0.821. The molecule has 5 heteroatoms. The minimum atomic E-state index is 0. The molecule has 0 unspecified atom stereocenters. The second-order valence-electron chi connectivity index (χ2n) is 8.54. The molecule has 5 rings (SSSR count). The maximum Gasteiger partial charge on any atom is 4.00 e. The third kappa shape index (κ3) is 7.33. The standard InChI is InChI=1S/C10H16N.C9H13.C2H7Si.2ClH.Ti/c11-10-4-7-1-8(5-10)3-9(2-7)6-10;1-6-5-7(2)9(4)8(6)3;1-3-2;;;/h7-9,11H,1-6H2;5H,1-4H3;3H,1-2H3;2*1H;/q2*-1;;;;+4/p-2. The van der Waals surface area contributed by atoms with Gasteiger partial charge in [-0.3, -0.25) is 0 Å². The first-order valence-electron chi connectivity index (χ1n) is 9.47. The Morgan fingerprint density at radius 1 is 0.962 bits per heavy atom. The van der Waals surface area contributed by atoms with E-state index in [4.69, 9.17) is 5.73 Å². The van der Waals surface area contributed by atoms with Gasteiger partial charge in [-0.15, -0.1) is 5.54 Å². The fraction of sp³-hybridized carbons (Fsp3) is 0.762. The average Bonchev–Trinajstić information content (AvgIpc) is 2.64. The SMILES string of the molecule is C[SiH]C.Cc1c[c-](C)c(C)c1C.[Cl-].[Cl-].[NH-]C12CC3CC(CC(C3)C1)C2.[Ti+4]. The van der Waals surface area contributed by atoms with E-state index in [1.807, 2.05) is 0 Å². The Bertz CT molecular complexity index is 473. The largest absolute Gasteiger partial charge is 4.00 e. The van der Waals surface area contributed by atoms with Crippen molar-refractivity contribution in [3.63, 3.8) is 0 Å². The summed E-state index contributed by atoms with van der Waals surface area (Å²) in [7, 11) is 0.750. The maximum atomic E-state index is 8.21. The van der Waals surface area contributed by atoms with E-state index >= 15 is 0 Å². The molecule has 1 aromatic rings. The quantitative estimate of drug-likeness (QED) is 0.399. The predicted octanol–water partition coefficient (Wildman–Crippen LogP) is 0.171. The number of hydrogen-bond donors (Lipinski definition) is 0. The van der Waals surface area contributed by atoms with E-state index in [0.29, 0.717) is 0 Å². The van der Waals surface area contributed by atoms with Crippen LogP contribution < -0.4 is 24.8 Å². The van der Waals surface area contributed by atoms with E-state index in [2.05, 4.69) is 46.9 Å². The second kappa shape index (κ2) is 12.4. The fourth-order valence-electron chi connectivity index (χ4n) is 5.24. The van der Waals surface area contributed by atoms with Crippen LogP contribution in [-0.2, 0) is 21.7 Å². The first-order valence-corrected chi connectivity index (χ1v) is 11.8. The zero-order valence-electron chi connectivity index (χ0n) is 17.4. The van der Waals surface area contributed by atoms with Crippen LogP contribution in [0.15, 0.2) is 6.07 Å². The van der Waals surface area contributed by atoms with Crippen LogP contribution in [0, 0.1) is 45.4 Å². The Balaban J connectivity index is 0. The Morgan fingerprint density at radius 2 is 1.31 bits per heavy atom. The topological polar surface area (TPSA) is 23.8 Å². The van der Waals surface area contributed by atoms with Crippen molar-refractivity contribution in [1.29, 1.82) is 0 Å². The van der Waals surface area contributed by atoms with Gasteiger partial charge in [0.15, 0.2) is 0 Å². The molecule has 1 N–H and O–H groups in total. The summed E-state index contributed by atoms with van der Waals surface area (Å²) < 4.78 is 0. The van der Waals surface area contributed by atoms with E-state index in [1.165, 1.54) is 60.8 Å². The number of halogens is 2. The number of aryl methyl sites for hydroxylation is 2. The molecule has 4 aliphatic carbocycles. The van der Waals surface area contributed by atoms with Crippen LogP contribution in [0.25, 0.3) is 5.73 Å². The Labute approximate surface area is 191 Å². The molecule has 1 radical (unpaired) electrons. The number of hydrogen-bond acceptors (Lipinski definition) is 0. The zero-order chi connectivity index (χ0) is 17.2. The normalized spacial score (nSPS) is 29.7. The van der Waals surface area contributed by atoms with Crippen LogP contribution in [0.3, 0.4) is 0 Å². The van der Waals surface area contributed by atoms with Gasteiger partial charge in [-0.25, -0.2) is 0 Å². The first-order chi connectivity index (χ1) is 10.8. The molecule has 0 amide bonds. The molecule has 0 atom stereocenters. The van der Waals surface area contributed by atoms with Crippen molar-refractivity contribution in [2.45, 2.75) is 84.9 Å². The van der Waals surface area contributed by atoms with Gasteiger partial charge in [0, 0.05) is 9.52 Å². The summed E-state index contributed by atoms with van der Waals surface area (Å²) in [5.74, 6) is 2.87. The van der Waals surface area contributed by atoms with E-state index in [9.17, 15) is 0 Å². The van der Waals surface area contributed by atoms with Crippen LogP contribution >= 0.6 is 0 Å². The molecule has 147 valence electrons. The molecule has 0 spiro atoms. The Kier molecular flexibility index (Phi) is 13.8. The monoisotopic (exact) mass is 448 g/mol. The number of nitrogens with one attached hydrogen (secondary N) is 1. The van der Waals surface area contributed by atoms with Gasteiger partial charge < -0.3 is 30.5 Å². The zero-order valence-corrected chi connectivity index (χ0v) is 21.6. The van der Waals surface area contributed by atoms with Crippen LogP contribution in [0.2, 0.25) is 13.1 Å². The third-order valence-electron chi connectivity index (χ3n) is 6.22. The summed E-state index contributed by atoms with van der Waals surface area (Å²) in [5.41, 5.74) is 14.0. The number of rotatable bonds is 0. The maximum absolute atomic E-state index is 8.21. The van der Waals surface area contributed by atoms with E-state index in [0.717, 1.165) is 27.3 Å². The van der Waals surface area contributed by atoms with Gasteiger partial charge in [0.2, 0.25) is 0 Å². The molecule has 1 aromatic carbocycles. The molecule has 4 bridgehead atoms. The van der Waals surface area contributed by atoms with Crippen LogP contribution in [-0.4, -0.2) is 15.1 Å². The summed E-state index contributed by atoms with van der Waals surface area (Å²) in [4.78, 5) is 0. The Morgan fingerprint density at radius 3 is 1.46 bits per heavy atom. The predicted molar refractivity (Wildman–Crippen MR) is 105 cm³/mol. The van der Waals surface area contributed by atoms with E-state index < -0.39 is 0 Å². The van der Waals surface area contributed by atoms with Crippen LogP contribution in [0.5, 0.6) is 0 Å². The summed E-state index contributed by atoms with van der Waals surface area (Å²) >= 11 is 0. The van der Waals surface area contributed by atoms with Gasteiger partial charge >= 0.3 is 21.7 Å². The van der Waals surface area contributed by atoms with Crippen molar-refractivity contribution < 1.29 is 46.5 Å². The van der Waals surface area contributed by atoms with Gasteiger partial charge in [0.05, 0.1) is 0 Å². The van der Waals surface area contributed by atoms with Crippen molar-refractivity contribution in [3.05, 3.63) is 34.1 Å². The van der Waals surface area contributed by atoms with Gasteiger partial charge in [-0.2, -0.15) is 28.3 Å². The molecule has 4 aliphatic rings. The summed E-state index contributed by atoms with van der Waals surface area (Å²) in [6.45, 7) is 13.1. The smallest absolute Gasteiger partial charge is 1.00 e. The third-order valence-corrected chi connectivity index (χ3v) is 6.22. The van der Waals surface area contributed by atoms with Crippen molar-refractivity contribution in [3.8, 4) is 0 Å². The van der Waals surface area contributed by atoms with Gasteiger partial charge in [-0.05, 0) is 37.0 Å². The summed E-state index contributed by atoms with van der Waals surface area (Å²) in [6.07, 6.45) is 8.12. The molecule has 1 nitrogen and oxygen atoms in total. The van der Waals surface area contributed by atoms with Gasteiger partial charge in [-0.1, -0.05) is 60.1 Å². The van der Waals surface area contributed by atoms with Crippen LogP contribution in [0.1, 0.15) is 60.8 Å². The van der Waals surface area contributed by atoms with Gasteiger partial charge in [0.1, 0.15) is 0 Å². The second-order valence-corrected chi connectivity index (χ2v) is 9.69. The van der Waals surface area contributed by atoms with Crippen molar-refractivity contribution in [2.75, 3.05) is 0 Å². The van der Waals surface area contributed by atoms with Crippen LogP contribution in [0.4, 0.5) is 0 Å². The fourth-order valence-corrected chi connectivity index (χ4v) is 5.24. The molecule has 0 heterocycles. The molecule has 4 saturated carbocycles. The molecule has 0 aromatic heterocycles. The molecule has 0 aliphatic heterocycles. The van der Waals surface area contributed by atoms with E-state index in [1.54, 1.807) is 0 Å². The van der Waals surface area contributed by atoms with Crippen molar-refractivity contribution in [1.82, 2.24) is 0 Å². The molecular formula is C21H36Cl2NSiTi. The van der Waals surface area contributed by atoms with Gasteiger partial charge in [0.25, 0.3) is 0 Å². The average molecular weight is 449 g/mol. The van der Waals surface area contributed by atoms with Crippen molar-refractivity contribution in [2.24, 2.45) is 17.8 Å². The summed E-state index contributed by atoms with van der Waals surface area (Å²) in [6, 6.07) is 2.24. The summed E-state index contributed by atoms with van der Waals surface area (Å²) in [5, 5.41) is 0. The van der Waals surface area contributed by atoms with E-state index in [-0.39, 0.29) is 52.1 Å². The molecule has 4 fully saturated rings. The van der Waals surface area contributed by atoms with Crippen molar-refractivity contribution >= 4 is 9.52 Å². The minimum Gasteiger partial charge on any atom is -1.00 e. The molecule has 0 saturated heterocycles.